The molecule has 20 heavy (non-hydrogen) atoms. The standard InChI is InChI=1S/C14H14N4O2/c1-9-5-4-8-12(16-9)14(19)17-11-7-3-2-6-10(11)13(15)18-20/h2-8,20H,1H3,(H2,15,18)(H,17,19). The summed E-state index contributed by atoms with van der Waals surface area (Å²) in [6, 6.07) is 12.0. The monoisotopic (exact) mass is 270 g/mol. The van der Waals surface area contributed by atoms with E-state index >= 15 is 0 Å². The van der Waals surface area contributed by atoms with E-state index in [1.165, 1.54) is 0 Å². The Hall–Kier alpha value is -2.89. The number of nitrogens with zero attached hydrogens (tertiary/aromatic N) is 2. The molecule has 2 rings (SSSR count). The van der Waals surface area contributed by atoms with Crippen molar-refractivity contribution < 1.29 is 10.0 Å². The van der Waals surface area contributed by atoms with Gasteiger partial charge in [0.25, 0.3) is 5.91 Å². The Bertz CT molecular complexity index is 668. The molecule has 0 spiro atoms. The van der Waals surface area contributed by atoms with E-state index in [-0.39, 0.29) is 11.7 Å². The van der Waals surface area contributed by atoms with Gasteiger partial charge < -0.3 is 16.3 Å². The molecular formula is C14H14N4O2. The van der Waals surface area contributed by atoms with Crippen molar-refractivity contribution >= 4 is 17.4 Å². The van der Waals surface area contributed by atoms with E-state index in [1.54, 1.807) is 49.4 Å². The van der Waals surface area contributed by atoms with Gasteiger partial charge in [-0.2, -0.15) is 0 Å². The predicted molar refractivity (Wildman–Crippen MR) is 75.9 cm³/mol. The summed E-state index contributed by atoms with van der Waals surface area (Å²) < 4.78 is 0. The fourth-order valence-electron chi connectivity index (χ4n) is 1.73. The molecule has 0 aliphatic rings. The maximum Gasteiger partial charge on any atom is 0.274 e. The van der Waals surface area contributed by atoms with E-state index in [4.69, 9.17) is 10.9 Å². The zero-order valence-electron chi connectivity index (χ0n) is 10.9. The van der Waals surface area contributed by atoms with Gasteiger partial charge in [-0.25, -0.2) is 4.98 Å². The van der Waals surface area contributed by atoms with Crippen LogP contribution in [-0.2, 0) is 0 Å². The number of hydrogen-bond acceptors (Lipinski definition) is 4. The van der Waals surface area contributed by atoms with Crippen molar-refractivity contribution in [3.8, 4) is 0 Å². The molecule has 0 saturated heterocycles. The van der Waals surface area contributed by atoms with Crippen molar-refractivity contribution in [1.82, 2.24) is 4.98 Å². The van der Waals surface area contributed by atoms with Crippen LogP contribution in [0.3, 0.4) is 0 Å². The van der Waals surface area contributed by atoms with Crippen molar-refractivity contribution in [3.63, 3.8) is 0 Å². The van der Waals surface area contributed by atoms with Crippen LogP contribution in [0.25, 0.3) is 0 Å². The second-order valence-electron chi connectivity index (χ2n) is 4.15. The van der Waals surface area contributed by atoms with Crippen LogP contribution in [-0.4, -0.2) is 21.9 Å². The van der Waals surface area contributed by atoms with Crippen LogP contribution in [0, 0.1) is 6.92 Å². The SMILES string of the molecule is Cc1cccc(C(=O)Nc2ccccc2/C(N)=N/O)n1. The lowest BCUT2D eigenvalue weighted by Gasteiger charge is -2.09. The van der Waals surface area contributed by atoms with Crippen LogP contribution >= 0.6 is 0 Å². The lowest BCUT2D eigenvalue weighted by Crippen LogP contribution is -2.19. The Kier molecular flexibility index (Phi) is 3.95. The molecule has 0 saturated carbocycles. The molecule has 0 aliphatic carbocycles. The van der Waals surface area contributed by atoms with Crippen LogP contribution in [0.15, 0.2) is 47.6 Å². The summed E-state index contributed by atoms with van der Waals surface area (Å²) in [6.07, 6.45) is 0. The highest BCUT2D eigenvalue weighted by Crippen LogP contribution is 2.15. The number of para-hydroxylation sites is 1. The number of aryl methyl sites for hydroxylation is 1. The number of nitrogens with one attached hydrogen (secondary N) is 1. The number of amides is 1. The van der Waals surface area contributed by atoms with E-state index < -0.39 is 0 Å². The first-order chi connectivity index (χ1) is 9.61. The normalized spacial score (nSPS) is 11.2. The Morgan fingerprint density at radius 3 is 2.70 bits per heavy atom. The topological polar surface area (TPSA) is 101 Å². The van der Waals surface area contributed by atoms with Crippen LogP contribution in [0.4, 0.5) is 5.69 Å². The molecule has 1 aromatic carbocycles. The third kappa shape index (κ3) is 2.92. The average molecular weight is 270 g/mol. The third-order valence-electron chi connectivity index (χ3n) is 2.68. The number of amidine groups is 1. The number of carbonyl (C=O) groups is 1. The van der Waals surface area contributed by atoms with E-state index in [2.05, 4.69) is 15.5 Å². The maximum atomic E-state index is 12.1. The van der Waals surface area contributed by atoms with Crippen LogP contribution in [0.1, 0.15) is 21.7 Å². The van der Waals surface area contributed by atoms with E-state index in [0.717, 1.165) is 5.69 Å². The fraction of sp³-hybridized carbons (Fsp3) is 0.0714. The molecule has 0 fully saturated rings. The highest BCUT2D eigenvalue weighted by Gasteiger charge is 2.12. The lowest BCUT2D eigenvalue weighted by atomic mass is 10.1. The largest absolute Gasteiger partial charge is 0.409 e. The molecule has 1 heterocycles. The Balaban J connectivity index is 2.29. The molecule has 0 atom stereocenters. The summed E-state index contributed by atoms with van der Waals surface area (Å²) in [5.74, 6) is -0.426. The van der Waals surface area contributed by atoms with Crippen molar-refractivity contribution in [2.45, 2.75) is 6.92 Å². The molecule has 4 N–H and O–H groups in total. The molecule has 102 valence electrons. The molecule has 6 nitrogen and oxygen atoms in total. The smallest absolute Gasteiger partial charge is 0.274 e. The second kappa shape index (κ2) is 5.83. The molecular weight excluding hydrogens is 256 g/mol. The first-order valence-electron chi connectivity index (χ1n) is 5.93. The number of anilines is 1. The number of pyridine rings is 1. The molecule has 6 heteroatoms. The van der Waals surface area contributed by atoms with Crippen LogP contribution in [0.2, 0.25) is 0 Å². The van der Waals surface area contributed by atoms with Gasteiger partial charge in [-0.15, -0.1) is 0 Å². The van der Waals surface area contributed by atoms with Gasteiger partial charge in [0.2, 0.25) is 0 Å². The summed E-state index contributed by atoms with van der Waals surface area (Å²) in [6.45, 7) is 1.81. The van der Waals surface area contributed by atoms with Gasteiger partial charge in [-0.3, -0.25) is 4.79 Å². The van der Waals surface area contributed by atoms with Crippen molar-refractivity contribution in [3.05, 3.63) is 59.4 Å². The second-order valence-corrected chi connectivity index (χ2v) is 4.15. The van der Waals surface area contributed by atoms with Gasteiger partial charge in [0.15, 0.2) is 5.84 Å². The molecule has 0 unspecified atom stereocenters. The number of aromatic nitrogens is 1. The minimum absolute atomic E-state index is 0.0712. The molecule has 0 bridgehead atoms. The third-order valence-corrected chi connectivity index (χ3v) is 2.68. The molecule has 0 radical (unpaired) electrons. The molecule has 1 aromatic heterocycles. The Morgan fingerprint density at radius 1 is 1.25 bits per heavy atom. The fourth-order valence-corrected chi connectivity index (χ4v) is 1.73. The summed E-state index contributed by atoms with van der Waals surface area (Å²) in [5.41, 5.74) is 7.52. The highest BCUT2D eigenvalue weighted by molar-refractivity contribution is 6.09. The summed E-state index contributed by atoms with van der Waals surface area (Å²) in [5, 5.41) is 14.4. The first-order valence-corrected chi connectivity index (χ1v) is 5.93. The number of benzene rings is 1. The van der Waals surface area contributed by atoms with Crippen molar-refractivity contribution in [2.24, 2.45) is 10.9 Å². The van der Waals surface area contributed by atoms with E-state index in [9.17, 15) is 4.79 Å². The minimum atomic E-state index is -0.355. The number of carbonyl (C=O) groups excluding carboxylic acids is 1. The van der Waals surface area contributed by atoms with E-state index in [1.807, 2.05) is 0 Å². The quantitative estimate of drug-likeness (QED) is 0.342. The van der Waals surface area contributed by atoms with Gasteiger partial charge in [-0.05, 0) is 31.2 Å². The molecule has 0 aliphatic heterocycles. The Labute approximate surface area is 115 Å². The summed E-state index contributed by atoms with van der Waals surface area (Å²) in [7, 11) is 0. The van der Waals surface area contributed by atoms with Crippen LogP contribution < -0.4 is 11.1 Å². The zero-order valence-corrected chi connectivity index (χ0v) is 10.9. The molecule has 1 amide bonds. The van der Waals surface area contributed by atoms with Crippen molar-refractivity contribution in [1.29, 1.82) is 0 Å². The summed E-state index contributed by atoms with van der Waals surface area (Å²) in [4.78, 5) is 16.3. The maximum absolute atomic E-state index is 12.1. The minimum Gasteiger partial charge on any atom is -0.409 e. The first kappa shape index (κ1) is 13.5. The lowest BCUT2D eigenvalue weighted by molar-refractivity contribution is 0.102. The van der Waals surface area contributed by atoms with Crippen molar-refractivity contribution in [2.75, 3.05) is 5.32 Å². The average Bonchev–Trinajstić information content (AvgIpc) is 2.47. The summed E-state index contributed by atoms with van der Waals surface area (Å²) >= 11 is 0. The van der Waals surface area contributed by atoms with Gasteiger partial charge in [0.1, 0.15) is 5.69 Å². The van der Waals surface area contributed by atoms with Gasteiger partial charge in [0, 0.05) is 11.3 Å². The van der Waals surface area contributed by atoms with Crippen LogP contribution in [0.5, 0.6) is 0 Å². The Morgan fingerprint density at radius 2 is 2.00 bits per heavy atom. The van der Waals surface area contributed by atoms with E-state index in [0.29, 0.717) is 16.9 Å². The number of rotatable bonds is 3. The number of hydrogen-bond donors (Lipinski definition) is 3. The predicted octanol–water partition coefficient (Wildman–Crippen LogP) is 1.74. The van der Waals surface area contributed by atoms with Gasteiger partial charge in [0.05, 0.1) is 5.69 Å². The van der Waals surface area contributed by atoms with Gasteiger partial charge in [-0.1, -0.05) is 23.4 Å². The number of oxime groups is 1. The zero-order chi connectivity index (χ0) is 14.5. The highest BCUT2D eigenvalue weighted by atomic mass is 16.4. The number of nitrogens with two attached hydrogens (primary N) is 1. The molecule has 2 aromatic rings. The van der Waals surface area contributed by atoms with Gasteiger partial charge >= 0.3 is 0 Å².